The molecule has 0 aromatic heterocycles. The number of unbranched alkanes of at least 4 members (excludes halogenated alkanes) is 2. The van der Waals surface area contributed by atoms with Crippen LogP contribution in [0.4, 0.5) is 4.79 Å². The SMILES string of the molecule is O=C(CCCCCc1ccc(C2CC2(NC(=O)OCC2c3ccccc3-c3ccccc32)C(=O)N2CCCCC2)cc1)OC(c1ccccc1)(c1ccc(C2CCCCCCC2)cc1)c1ccccc1Cl. The highest BCUT2D eigenvalue weighted by Crippen LogP contribution is 2.53. The summed E-state index contributed by atoms with van der Waals surface area (Å²) in [5, 5.41) is 3.67. The lowest BCUT2D eigenvalue weighted by Gasteiger charge is -2.36. The van der Waals surface area contributed by atoms with E-state index in [2.05, 4.69) is 78.1 Å². The zero-order chi connectivity index (χ0) is 48.6. The molecule has 366 valence electrons. The summed E-state index contributed by atoms with van der Waals surface area (Å²) in [6.07, 6.45) is 15.5. The molecule has 1 heterocycles. The first-order valence-corrected chi connectivity index (χ1v) is 26.9. The number of fused-ring (bicyclic) bond motifs is 3. The van der Waals surface area contributed by atoms with Gasteiger partial charge in [-0.3, -0.25) is 9.59 Å². The van der Waals surface area contributed by atoms with Gasteiger partial charge in [-0.25, -0.2) is 4.79 Å². The number of nitrogens with zero attached hydrogens (tertiary/aromatic N) is 1. The molecule has 3 unspecified atom stereocenters. The molecule has 1 saturated heterocycles. The number of esters is 1. The Morgan fingerprint density at radius 3 is 1.90 bits per heavy atom. The van der Waals surface area contributed by atoms with Crippen LogP contribution in [-0.2, 0) is 31.1 Å². The molecule has 10 rings (SSSR count). The second-order valence-corrected chi connectivity index (χ2v) is 20.9. The van der Waals surface area contributed by atoms with Gasteiger partial charge in [0.25, 0.3) is 0 Å². The van der Waals surface area contributed by atoms with Gasteiger partial charge >= 0.3 is 12.1 Å². The van der Waals surface area contributed by atoms with Crippen LogP contribution in [0.15, 0.2) is 152 Å². The summed E-state index contributed by atoms with van der Waals surface area (Å²) in [5.74, 6) is 0.0610. The minimum Gasteiger partial charge on any atom is -0.449 e. The van der Waals surface area contributed by atoms with Crippen molar-refractivity contribution in [2.75, 3.05) is 19.7 Å². The summed E-state index contributed by atoms with van der Waals surface area (Å²) in [6, 6.07) is 51.7. The Bertz CT molecular complexity index is 2730. The maximum absolute atomic E-state index is 14.3. The largest absolute Gasteiger partial charge is 0.449 e. The number of ether oxygens (including phenoxy) is 2. The first kappa shape index (κ1) is 48.4. The number of carbonyl (C=O) groups excluding carboxylic acids is 3. The molecule has 6 aromatic rings. The molecule has 4 aliphatic rings. The molecule has 7 nitrogen and oxygen atoms in total. The Labute approximate surface area is 425 Å². The molecule has 3 aliphatic carbocycles. The number of hydrogen-bond donors (Lipinski definition) is 1. The monoisotopic (exact) mass is 966 g/mol. The molecular weight excluding hydrogens is 900 g/mol. The van der Waals surface area contributed by atoms with Gasteiger partial charge in [-0.1, -0.05) is 196 Å². The van der Waals surface area contributed by atoms with Gasteiger partial charge in [0.1, 0.15) is 12.1 Å². The number of rotatable bonds is 16. The van der Waals surface area contributed by atoms with Crippen LogP contribution in [0.2, 0.25) is 5.02 Å². The Morgan fingerprint density at radius 1 is 0.620 bits per heavy atom. The van der Waals surface area contributed by atoms with Gasteiger partial charge in [0.2, 0.25) is 5.91 Å². The third kappa shape index (κ3) is 10.4. The zero-order valence-electron chi connectivity index (χ0n) is 41.0. The first-order chi connectivity index (χ1) is 34.8. The van der Waals surface area contributed by atoms with E-state index in [-0.39, 0.29) is 36.7 Å². The Balaban J connectivity index is 0.772. The van der Waals surface area contributed by atoms with Crippen molar-refractivity contribution in [1.82, 2.24) is 10.2 Å². The number of hydrogen-bond acceptors (Lipinski definition) is 5. The van der Waals surface area contributed by atoms with E-state index < -0.39 is 17.2 Å². The van der Waals surface area contributed by atoms with Crippen LogP contribution in [0.1, 0.15) is 159 Å². The standard InChI is InChI=1S/C63H67ClN2O5/c64-58-31-18-17-30-56(58)63(49-24-10-5-11-25-49,50-39-37-47(38-40-50)46-22-8-2-1-3-9-23-46)71-59(67)32-12-4-7-21-45-33-35-48(36-34-45)57-43-62(57,60(68)66-41-19-6-20-42-66)65-61(69)70-44-55-53-28-15-13-26-51(53)52-27-14-16-29-54(52)55/h5,10-11,13-18,24-31,33-40,46,55,57H,1-4,6-9,12,19-23,32,41-44H2,(H,65,69). The number of aryl methyl sites for hydroxylation is 1. The predicted molar refractivity (Wildman–Crippen MR) is 283 cm³/mol. The van der Waals surface area contributed by atoms with Crippen molar-refractivity contribution < 1.29 is 23.9 Å². The molecule has 1 aliphatic heterocycles. The van der Waals surface area contributed by atoms with Crippen LogP contribution < -0.4 is 5.32 Å². The second kappa shape index (κ2) is 22.1. The van der Waals surface area contributed by atoms with Crippen LogP contribution in [0.25, 0.3) is 11.1 Å². The molecule has 0 bridgehead atoms. The van der Waals surface area contributed by atoms with E-state index in [1.54, 1.807) is 0 Å². The Kier molecular flexibility index (Phi) is 15.1. The van der Waals surface area contributed by atoms with Crippen LogP contribution in [0, 0.1) is 0 Å². The van der Waals surface area contributed by atoms with E-state index in [1.165, 1.54) is 67.2 Å². The molecule has 2 amide bonds. The summed E-state index contributed by atoms with van der Waals surface area (Å²) in [6.45, 7) is 1.61. The van der Waals surface area contributed by atoms with Crippen molar-refractivity contribution in [2.45, 2.75) is 132 Å². The van der Waals surface area contributed by atoms with Gasteiger partial charge in [0.05, 0.1) is 0 Å². The summed E-state index contributed by atoms with van der Waals surface area (Å²) < 4.78 is 12.8. The zero-order valence-corrected chi connectivity index (χ0v) is 41.7. The molecule has 0 spiro atoms. The van der Waals surface area contributed by atoms with Crippen molar-refractivity contribution in [2.24, 2.45) is 0 Å². The third-order valence-corrected chi connectivity index (χ3v) is 16.3. The average Bonchev–Trinajstić information content (AvgIpc) is 4.04. The van der Waals surface area contributed by atoms with Crippen LogP contribution in [0.3, 0.4) is 0 Å². The molecule has 6 aromatic carbocycles. The summed E-state index contributed by atoms with van der Waals surface area (Å²) in [7, 11) is 0. The normalized spacial score (nSPS) is 19.8. The number of nitrogens with one attached hydrogen (secondary N) is 1. The van der Waals surface area contributed by atoms with E-state index >= 15 is 0 Å². The first-order valence-electron chi connectivity index (χ1n) is 26.5. The maximum Gasteiger partial charge on any atom is 0.408 e. The number of amides is 2. The van der Waals surface area contributed by atoms with Gasteiger partial charge in [-0.2, -0.15) is 0 Å². The molecule has 0 radical (unpaired) electrons. The van der Waals surface area contributed by atoms with E-state index in [9.17, 15) is 14.4 Å². The smallest absolute Gasteiger partial charge is 0.408 e. The summed E-state index contributed by atoms with van der Waals surface area (Å²) in [5.41, 5.74) is 8.47. The number of halogens is 1. The van der Waals surface area contributed by atoms with E-state index in [0.717, 1.165) is 71.9 Å². The number of likely N-dealkylation sites (tertiary alicyclic amines) is 1. The maximum atomic E-state index is 14.3. The van der Waals surface area contributed by atoms with Crippen molar-refractivity contribution in [3.8, 4) is 11.1 Å². The summed E-state index contributed by atoms with van der Waals surface area (Å²) in [4.78, 5) is 44.1. The summed E-state index contributed by atoms with van der Waals surface area (Å²) >= 11 is 7.02. The quantitative estimate of drug-likeness (QED) is 0.0593. The van der Waals surface area contributed by atoms with E-state index in [4.69, 9.17) is 21.1 Å². The van der Waals surface area contributed by atoms with Gasteiger partial charge < -0.3 is 19.7 Å². The molecule has 3 fully saturated rings. The fourth-order valence-electron chi connectivity index (χ4n) is 12.1. The van der Waals surface area contributed by atoms with Gasteiger partial charge in [0.15, 0.2) is 5.60 Å². The topological polar surface area (TPSA) is 84.9 Å². The molecule has 8 heteroatoms. The Morgan fingerprint density at radius 2 is 1.21 bits per heavy atom. The number of piperidine rings is 1. The average molecular weight is 968 g/mol. The highest BCUT2D eigenvalue weighted by atomic mass is 35.5. The highest BCUT2D eigenvalue weighted by Gasteiger charge is 2.63. The minimum atomic E-state index is -1.22. The molecule has 2 saturated carbocycles. The number of benzene rings is 6. The van der Waals surface area contributed by atoms with Crippen LogP contribution >= 0.6 is 11.6 Å². The van der Waals surface area contributed by atoms with E-state index in [1.807, 2.05) is 83.8 Å². The fraction of sp³-hybridized carbons (Fsp3) is 0.381. The number of carbonyl (C=O) groups is 3. The van der Waals surface area contributed by atoms with Crippen molar-refractivity contribution >= 4 is 29.6 Å². The fourth-order valence-corrected chi connectivity index (χ4v) is 12.3. The van der Waals surface area contributed by atoms with Crippen LogP contribution in [0.5, 0.6) is 0 Å². The lowest BCUT2D eigenvalue weighted by molar-refractivity contribution is -0.153. The van der Waals surface area contributed by atoms with Crippen molar-refractivity contribution in [1.29, 1.82) is 0 Å². The molecule has 71 heavy (non-hydrogen) atoms. The lowest BCUT2D eigenvalue weighted by atomic mass is 9.78. The van der Waals surface area contributed by atoms with Gasteiger partial charge in [-0.05, 0) is 109 Å². The molecule has 3 atom stereocenters. The number of alkyl carbamates (subject to hydrolysis) is 1. The molecule has 1 N–H and O–H groups in total. The third-order valence-electron chi connectivity index (χ3n) is 16.0. The van der Waals surface area contributed by atoms with Crippen LogP contribution in [-0.4, -0.2) is 48.1 Å². The highest BCUT2D eigenvalue weighted by molar-refractivity contribution is 6.31. The van der Waals surface area contributed by atoms with Crippen molar-refractivity contribution in [3.05, 3.63) is 201 Å². The van der Waals surface area contributed by atoms with Crippen molar-refractivity contribution in [3.63, 3.8) is 0 Å². The predicted octanol–water partition coefficient (Wildman–Crippen LogP) is 14.6. The Hall–Kier alpha value is -6.18. The van der Waals surface area contributed by atoms with Gasteiger partial charge in [-0.15, -0.1) is 0 Å². The van der Waals surface area contributed by atoms with E-state index in [0.29, 0.717) is 36.9 Å². The molecular formula is C63H67ClN2O5. The lowest BCUT2D eigenvalue weighted by Crippen LogP contribution is -2.53. The second-order valence-electron chi connectivity index (χ2n) is 20.5. The minimum absolute atomic E-state index is 0.00981. The van der Waals surface area contributed by atoms with Gasteiger partial charge in [0, 0.05) is 53.1 Å².